The molecule has 3 saturated heterocycles. The molecule has 80 valence electrons. The third-order valence-electron chi connectivity index (χ3n) is 3.80. The Labute approximate surface area is 90.2 Å². The van der Waals surface area contributed by atoms with E-state index in [4.69, 9.17) is 4.74 Å². The highest BCUT2D eigenvalue weighted by molar-refractivity contribution is 7.99. The summed E-state index contributed by atoms with van der Waals surface area (Å²) in [6, 6.07) is 0.680. The van der Waals surface area contributed by atoms with Gasteiger partial charge in [0.1, 0.15) is 0 Å². The molecule has 0 aliphatic carbocycles. The van der Waals surface area contributed by atoms with Gasteiger partial charge in [0.25, 0.3) is 0 Å². The van der Waals surface area contributed by atoms with E-state index in [9.17, 15) is 0 Å². The van der Waals surface area contributed by atoms with Crippen molar-refractivity contribution in [3.8, 4) is 0 Å². The molecule has 3 rings (SSSR count). The maximum Gasteiger partial charge on any atom is 0.0733 e. The Hall–Kier alpha value is 0.270. The summed E-state index contributed by atoms with van der Waals surface area (Å²) in [5.41, 5.74) is 0. The molecule has 0 amide bonds. The number of nitrogens with one attached hydrogen (secondary N) is 1. The van der Waals surface area contributed by atoms with Crippen LogP contribution in [0.3, 0.4) is 0 Å². The monoisotopic (exact) mass is 213 g/mol. The van der Waals surface area contributed by atoms with Gasteiger partial charge in [0, 0.05) is 6.04 Å². The highest BCUT2D eigenvalue weighted by atomic mass is 32.2. The van der Waals surface area contributed by atoms with Crippen molar-refractivity contribution in [2.24, 2.45) is 5.92 Å². The number of thioether (sulfide) groups is 1. The molecule has 3 fully saturated rings. The molecule has 2 nitrogen and oxygen atoms in total. The number of ether oxygens (including phenoxy) is 1. The standard InChI is InChI=1S/C11H19NOS/c1-2-11-10(5-9(1)13-11)12-6-8-3-4-14-7-8/h8-12H,1-7H2/t8?,9-,10-,11+/m1/s1. The molecule has 3 aliphatic heterocycles. The number of hydrogen-bond donors (Lipinski definition) is 1. The van der Waals surface area contributed by atoms with E-state index in [1.54, 1.807) is 0 Å². The highest BCUT2D eigenvalue weighted by Gasteiger charge is 2.40. The lowest BCUT2D eigenvalue weighted by Gasteiger charge is -2.21. The van der Waals surface area contributed by atoms with Crippen LogP contribution in [0.2, 0.25) is 0 Å². The van der Waals surface area contributed by atoms with Gasteiger partial charge in [-0.2, -0.15) is 11.8 Å². The predicted octanol–water partition coefficient (Wildman–Crippen LogP) is 1.65. The van der Waals surface area contributed by atoms with E-state index < -0.39 is 0 Å². The summed E-state index contributed by atoms with van der Waals surface area (Å²) < 4.78 is 5.83. The van der Waals surface area contributed by atoms with E-state index >= 15 is 0 Å². The summed E-state index contributed by atoms with van der Waals surface area (Å²) in [5.74, 6) is 3.67. The zero-order chi connectivity index (χ0) is 9.38. The maximum atomic E-state index is 5.83. The van der Waals surface area contributed by atoms with Crippen molar-refractivity contribution in [2.75, 3.05) is 18.1 Å². The smallest absolute Gasteiger partial charge is 0.0733 e. The first-order valence-corrected chi connectivity index (χ1v) is 7.04. The Bertz CT molecular complexity index is 205. The summed E-state index contributed by atoms with van der Waals surface area (Å²) in [4.78, 5) is 0. The van der Waals surface area contributed by atoms with E-state index in [2.05, 4.69) is 17.1 Å². The zero-order valence-electron chi connectivity index (χ0n) is 8.58. The molecule has 4 atom stereocenters. The highest BCUT2D eigenvalue weighted by Crippen LogP contribution is 2.34. The van der Waals surface area contributed by atoms with Crippen LogP contribution < -0.4 is 5.32 Å². The minimum atomic E-state index is 0.550. The second-order valence-electron chi connectivity index (χ2n) is 4.85. The quantitative estimate of drug-likeness (QED) is 0.770. The van der Waals surface area contributed by atoms with Crippen LogP contribution >= 0.6 is 11.8 Å². The van der Waals surface area contributed by atoms with Crippen molar-refractivity contribution in [1.82, 2.24) is 5.32 Å². The molecular weight excluding hydrogens is 194 g/mol. The lowest BCUT2D eigenvalue weighted by atomic mass is 9.95. The van der Waals surface area contributed by atoms with Crippen molar-refractivity contribution in [3.05, 3.63) is 0 Å². The zero-order valence-corrected chi connectivity index (χ0v) is 9.39. The fraction of sp³-hybridized carbons (Fsp3) is 1.00. The average molecular weight is 213 g/mol. The minimum absolute atomic E-state index is 0.550. The maximum absolute atomic E-state index is 5.83. The lowest BCUT2D eigenvalue weighted by molar-refractivity contribution is 0.0971. The average Bonchev–Trinajstić information content (AvgIpc) is 2.91. The van der Waals surface area contributed by atoms with Gasteiger partial charge < -0.3 is 10.1 Å². The van der Waals surface area contributed by atoms with Gasteiger partial charge in [-0.3, -0.25) is 0 Å². The summed E-state index contributed by atoms with van der Waals surface area (Å²) in [5, 5.41) is 3.72. The first-order valence-electron chi connectivity index (χ1n) is 5.88. The molecule has 0 saturated carbocycles. The van der Waals surface area contributed by atoms with Gasteiger partial charge in [-0.05, 0) is 49.7 Å². The van der Waals surface area contributed by atoms with E-state index in [0.717, 1.165) is 5.92 Å². The van der Waals surface area contributed by atoms with Gasteiger partial charge in [0.2, 0.25) is 0 Å². The SMILES string of the molecule is C1CC(CN[C@@H]2C[C@H]3CC[C@@H]2O3)CS1. The Morgan fingerprint density at radius 3 is 2.93 bits per heavy atom. The molecule has 1 unspecified atom stereocenters. The first-order chi connectivity index (χ1) is 6.92. The van der Waals surface area contributed by atoms with Crippen LogP contribution in [0.15, 0.2) is 0 Å². The number of fused-ring (bicyclic) bond motifs is 2. The van der Waals surface area contributed by atoms with E-state index in [1.165, 1.54) is 43.7 Å². The summed E-state index contributed by atoms with van der Waals surface area (Å²) in [7, 11) is 0. The van der Waals surface area contributed by atoms with Crippen molar-refractivity contribution in [2.45, 2.75) is 43.9 Å². The molecule has 1 N–H and O–H groups in total. The Kier molecular flexibility index (Phi) is 2.73. The fourth-order valence-corrected chi connectivity index (χ4v) is 4.20. The first kappa shape index (κ1) is 9.49. The van der Waals surface area contributed by atoms with Crippen molar-refractivity contribution in [3.63, 3.8) is 0 Å². The molecule has 14 heavy (non-hydrogen) atoms. The number of rotatable bonds is 3. The largest absolute Gasteiger partial charge is 0.373 e. The third kappa shape index (κ3) is 1.82. The lowest BCUT2D eigenvalue weighted by Crippen LogP contribution is -2.40. The van der Waals surface area contributed by atoms with Crippen molar-refractivity contribution in [1.29, 1.82) is 0 Å². The van der Waals surface area contributed by atoms with Gasteiger partial charge in [-0.15, -0.1) is 0 Å². The normalized spacial score (nSPS) is 46.3. The van der Waals surface area contributed by atoms with E-state index in [-0.39, 0.29) is 0 Å². The van der Waals surface area contributed by atoms with Crippen LogP contribution in [0.4, 0.5) is 0 Å². The van der Waals surface area contributed by atoms with Gasteiger partial charge in [-0.25, -0.2) is 0 Å². The predicted molar refractivity (Wildman–Crippen MR) is 59.7 cm³/mol. The molecule has 3 heteroatoms. The van der Waals surface area contributed by atoms with Gasteiger partial charge in [-0.1, -0.05) is 0 Å². The van der Waals surface area contributed by atoms with Crippen LogP contribution in [0.25, 0.3) is 0 Å². The van der Waals surface area contributed by atoms with Gasteiger partial charge >= 0.3 is 0 Å². The topological polar surface area (TPSA) is 21.3 Å². The van der Waals surface area contributed by atoms with E-state index in [0.29, 0.717) is 18.2 Å². The van der Waals surface area contributed by atoms with Gasteiger partial charge in [0.05, 0.1) is 12.2 Å². The van der Waals surface area contributed by atoms with Crippen LogP contribution in [0, 0.1) is 5.92 Å². The summed E-state index contributed by atoms with van der Waals surface area (Å²) >= 11 is 2.11. The molecular formula is C11H19NOS. The minimum Gasteiger partial charge on any atom is -0.373 e. The van der Waals surface area contributed by atoms with Crippen LogP contribution in [-0.4, -0.2) is 36.3 Å². The molecule has 0 aromatic carbocycles. The van der Waals surface area contributed by atoms with Crippen LogP contribution in [-0.2, 0) is 4.74 Å². The Morgan fingerprint density at radius 1 is 1.29 bits per heavy atom. The molecule has 0 aromatic heterocycles. The van der Waals surface area contributed by atoms with Crippen molar-refractivity contribution < 1.29 is 4.74 Å². The fourth-order valence-electron chi connectivity index (χ4n) is 2.92. The summed E-state index contributed by atoms with van der Waals surface area (Å²) in [6.07, 6.45) is 6.43. The Morgan fingerprint density at radius 2 is 2.29 bits per heavy atom. The molecule has 0 radical (unpaired) electrons. The molecule has 0 aromatic rings. The van der Waals surface area contributed by atoms with Crippen LogP contribution in [0.5, 0.6) is 0 Å². The second kappa shape index (κ2) is 4.03. The van der Waals surface area contributed by atoms with Crippen LogP contribution in [0.1, 0.15) is 25.7 Å². The molecule has 2 bridgehead atoms. The number of hydrogen-bond acceptors (Lipinski definition) is 3. The molecule has 3 heterocycles. The van der Waals surface area contributed by atoms with E-state index in [1.807, 2.05) is 0 Å². The molecule has 3 aliphatic rings. The Balaban J connectivity index is 1.44. The van der Waals surface area contributed by atoms with Crippen molar-refractivity contribution >= 4 is 11.8 Å². The molecule has 0 spiro atoms. The summed E-state index contributed by atoms with van der Waals surface area (Å²) in [6.45, 7) is 1.23. The third-order valence-corrected chi connectivity index (χ3v) is 5.03. The second-order valence-corrected chi connectivity index (χ2v) is 6.00. The van der Waals surface area contributed by atoms with Gasteiger partial charge in [0.15, 0.2) is 0 Å².